The quantitative estimate of drug-likeness (QED) is 0.743. The average molecular weight is 281 g/mol. The van der Waals surface area contributed by atoms with E-state index < -0.39 is 5.97 Å². The zero-order valence-electron chi connectivity index (χ0n) is 11.7. The Labute approximate surface area is 117 Å². The van der Waals surface area contributed by atoms with Gasteiger partial charge in [-0.1, -0.05) is 0 Å². The van der Waals surface area contributed by atoms with Crippen molar-refractivity contribution in [2.75, 3.05) is 37.8 Å². The molecule has 1 N–H and O–H groups in total. The fourth-order valence-electron chi connectivity index (χ4n) is 1.94. The second kappa shape index (κ2) is 6.62. The first-order chi connectivity index (χ1) is 9.65. The van der Waals surface area contributed by atoms with Crippen molar-refractivity contribution < 1.29 is 19.4 Å². The summed E-state index contributed by atoms with van der Waals surface area (Å²) in [5.41, 5.74) is 0.998. The van der Waals surface area contributed by atoms with Gasteiger partial charge in [-0.2, -0.15) is 0 Å². The molecule has 0 aliphatic carbocycles. The molecular formula is C13H19N3O4. The molecule has 2 rings (SSSR count). The first-order valence-electron chi connectivity index (χ1n) is 6.63. The molecule has 1 fully saturated rings. The third kappa shape index (κ3) is 3.23. The standard InChI is InChI=1S/C13H19N3O4/c1-3-19-12(18)11-6-14-13(15-9(11)2)16-7-10(8-16)20-5-4-17/h6,10,17H,3-5,7-8H2,1-2H3. The van der Waals surface area contributed by atoms with Crippen molar-refractivity contribution in [1.82, 2.24) is 9.97 Å². The number of aliphatic hydroxyl groups is 1. The van der Waals surface area contributed by atoms with E-state index in [1.54, 1.807) is 13.8 Å². The molecule has 0 spiro atoms. The topological polar surface area (TPSA) is 84.8 Å². The monoisotopic (exact) mass is 281 g/mol. The van der Waals surface area contributed by atoms with Crippen LogP contribution >= 0.6 is 0 Å². The van der Waals surface area contributed by atoms with Gasteiger partial charge in [0.1, 0.15) is 0 Å². The van der Waals surface area contributed by atoms with Gasteiger partial charge in [0.05, 0.1) is 37.2 Å². The van der Waals surface area contributed by atoms with Gasteiger partial charge in [0.2, 0.25) is 5.95 Å². The summed E-state index contributed by atoms with van der Waals surface area (Å²) in [6, 6.07) is 0. The maximum Gasteiger partial charge on any atom is 0.341 e. The number of rotatable bonds is 6. The van der Waals surface area contributed by atoms with Crippen molar-refractivity contribution in [3.63, 3.8) is 0 Å². The van der Waals surface area contributed by atoms with Crippen LogP contribution < -0.4 is 4.90 Å². The van der Waals surface area contributed by atoms with Crippen molar-refractivity contribution in [1.29, 1.82) is 0 Å². The van der Waals surface area contributed by atoms with E-state index in [4.69, 9.17) is 14.6 Å². The number of anilines is 1. The Morgan fingerprint density at radius 3 is 2.90 bits per heavy atom. The summed E-state index contributed by atoms with van der Waals surface area (Å²) in [4.78, 5) is 22.1. The summed E-state index contributed by atoms with van der Waals surface area (Å²) in [5, 5.41) is 8.67. The molecule has 110 valence electrons. The number of hydrogen-bond donors (Lipinski definition) is 1. The number of ether oxygens (including phenoxy) is 2. The molecule has 0 aromatic carbocycles. The smallest absolute Gasteiger partial charge is 0.341 e. The Morgan fingerprint density at radius 2 is 2.30 bits per heavy atom. The number of aryl methyl sites for hydroxylation is 1. The third-order valence-electron chi connectivity index (χ3n) is 3.04. The van der Waals surface area contributed by atoms with Gasteiger partial charge in [-0.3, -0.25) is 0 Å². The molecule has 0 amide bonds. The van der Waals surface area contributed by atoms with Crippen molar-refractivity contribution in [3.8, 4) is 0 Å². The molecule has 0 atom stereocenters. The molecule has 2 heterocycles. The minimum atomic E-state index is -0.399. The number of carbonyl (C=O) groups excluding carboxylic acids is 1. The van der Waals surface area contributed by atoms with Crippen LogP contribution in [0.5, 0.6) is 0 Å². The summed E-state index contributed by atoms with van der Waals surface area (Å²) < 4.78 is 10.3. The summed E-state index contributed by atoms with van der Waals surface area (Å²) in [6.07, 6.45) is 1.60. The SMILES string of the molecule is CCOC(=O)c1cnc(N2CC(OCCO)C2)nc1C. The lowest BCUT2D eigenvalue weighted by molar-refractivity contribution is 0.0129. The summed E-state index contributed by atoms with van der Waals surface area (Å²) in [6.45, 7) is 5.61. The molecule has 0 saturated carbocycles. The molecule has 0 unspecified atom stereocenters. The third-order valence-corrected chi connectivity index (χ3v) is 3.04. The molecule has 1 saturated heterocycles. The first kappa shape index (κ1) is 14.7. The van der Waals surface area contributed by atoms with Crippen LogP contribution in [-0.2, 0) is 9.47 Å². The minimum Gasteiger partial charge on any atom is -0.462 e. The maximum absolute atomic E-state index is 11.6. The van der Waals surface area contributed by atoms with Gasteiger partial charge in [-0.05, 0) is 13.8 Å². The van der Waals surface area contributed by atoms with Crippen LogP contribution in [0.1, 0.15) is 23.0 Å². The second-order valence-electron chi connectivity index (χ2n) is 4.51. The largest absolute Gasteiger partial charge is 0.462 e. The maximum atomic E-state index is 11.6. The molecule has 7 heteroatoms. The van der Waals surface area contributed by atoms with Gasteiger partial charge in [0.25, 0.3) is 0 Å². The van der Waals surface area contributed by atoms with Crippen LogP contribution in [0.4, 0.5) is 5.95 Å². The van der Waals surface area contributed by atoms with E-state index in [0.29, 0.717) is 43.5 Å². The van der Waals surface area contributed by atoms with Crippen LogP contribution in [0.15, 0.2) is 6.20 Å². The minimum absolute atomic E-state index is 0.0281. The highest BCUT2D eigenvalue weighted by Crippen LogP contribution is 2.19. The average Bonchev–Trinajstić information content (AvgIpc) is 2.37. The highest BCUT2D eigenvalue weighted by molar-refractivity contribution is 5.90. The Kier molecular flexibility index (Phi) is 4.86. The molecule has 1 aromatic rings. The van der Waals surface area contributed by atoms with E-state index in [0.717, 1.165) is 0 Å². The van der Waals surface area contributed by atoms with E-state index in [1.165, 1.54) is 6.20 Å². The van der Waals surface area contributed by atoms with Crippen molar-refractivity contribution in [3.05, 3.63) is 17.5 Å². The Balaban J connectivity index is 1.95. The van der Waals surface area contributed by atoms with E-state index in [-0.39, 0.29) is 12.7 Å². The molecular weight excluding hydrogens is 262 g/mol. The number of nitrogens with zero attached hydrogens (tertiary/aromatic N) is 3. The van der Waals surface area contributed by atoms with Crippen molar-refractivity contribution >= 4 is 11.9 Å². The van der Waals surface area contributed by atoms with Gasteiger partial charge in [-0.15, -0.1) is 0 Å². The lowest BCUT2D eigenvalue weighted by Gasteiger charge is -2.38. The fourth-order valence-corrected chi connectivity index (χ4v) is 1.94. The van der Waals surface area contributed by atoms with Crippen molar-refractivity contribution in [2.45, 2.75) is 20.0 Å². The Morgan fingerprint density at radius 1 is 1.55 bits per heavy atom. The second-order valence-corrected chi connectivity index (χ2v) is 4.51. The highest BCUT2D eigenvalue weighted by Gasteiger charge is 2.29. The van der Waals surface area contributed by atoms with E-state index in [9.17, 15) is 4.79 Å². The van der Waals surface area contributed by atoms with Gasteiger partial charge < -0.3 is 19.5 Å². The lowest BCUT2D eigenvalue weighted by atomic mass is 10.2. The summed E-state index contributed by atoms with van der Waals surface area (Å²) in [5.74, 6) is 0.184. The molecule has 1 aliphatic heterocycles. The number of hydrogen-bond acceptors (Lipinski definition) is 7. The molecule has 0 bridgehead atoms. The molecule has 20 heavy (non-hydrogen) atoms. The van der Waals surface area contributed by atoms with E-state index in [2.05, 4.69) is 9.97 Å². The summed E-state index contributed by atoms with van der Waals surface area (Å²) in [7, 11) is 0. The zero-order chi connectivity index (χ0) is 14.5. The summed E-state index contributed by atoms with van der Waals surface area (Å²) >= 11 is 0. The Hall–Kier alpha value is -1.73. The lowest BCUT2D eigenvalue weighted by Crippen LogP contribution is -2.53. The molecule has 7 nitrogen and oxygen atoms in total. The number of carbonyl (C=O) groups is 1. The van der Waals surface area contributed by atoms with Gasteiger partial charge in [0, 0.05) is 19.3 Å². The molecule has 1 aromatic heterocycles. The number of aliphatic hydroxyl groups excluding tert-OH is 1. The molecule has 0 radical (unpaired) electrons. The number of esters is 1. The molecule has 1 aliphatic rings. The van der Waals surface area contributed by atoms with Crippen LogP contribution in [0.25, 0.3) is 0 Å². The zero-order valence-corrected chi connectivity index (χ0v) is 11.7. The van der Waals surface area contributed by atoms with Gasteiger partial charge in [-0.25, -0.2) is 14.8 Å². The van der Waals surface area contributed by atoms with Crippen LogP contribution in [0.2, 0.25) is 0 Å². The van der Waals surface area contributed by atoms with Crippen LogP contribution in [0, 0.1) is 6.92 Å². The van der Waals surface area contributed by atoms with Crippen molar-refractivity contribution in [2.24, 2.45) is 0 Å². The fraction of sp³-hybridized carbons (Fsp3) is 0.615. The van der Waals surface area contributed by atoms with Crippen LogP contribution in [0.3, 0.4) is 0 Å². The van der Waals surface area contributed by atoms with Crippen LogP contribution in [-0.4, -0.2) is 60.1 Å². The van der Waals surface area contributed by atoms with E-state index >= 15 is 0 Å². The normalized spacial score (nSPS) is 15.1. The van der Waals surface area contributed by atoms with Gasteiger partial charge >= 0.3 is 5.97 Å². The Bertz CT molecular complexity index is 475. The van der Waals surface area contributed by atoms with E-state index in [1.807, 2.05) is 4.90 Å². The predicted molar refractivity (Wildman–Crippen MR) is 71.8 cm³/mol. The highest BCUT2D eigenvalue weighted by atomic mass is 16.5. The number of aromatic nitrogens is 2. The predicted octanol–water partition coefficient (Wildman–Crippen LogP) is 0.159. The first-order valence-corrected chi connectivity index (χ1v) is 6.63. The van der Waals surface area contributed by atoms with Gasteiger partial charge in [0.15, 0.2) is 0 Å².